The molecule has 0 unspecified atom stereocenters. The second-order valence-corrected chi connectivity index (χ2v) is 6.06. The average Bonchev–Trinajstić information content (AvgIpc) is 3.00. The number of urea groups is 1. The molecule has 1 aromatic rings. The third-order valence-electron chi connectivity index (χ3n) is 2.50. The Bertz CT molecular complexity index is 560. The lowest BCUT2D eigenvalue weighted by Gasteiger charge is -2.19. The number of aliphatic imine (C=N–C) groups is 1. The molecule has 2 amide bonds. The van der Waals surface area contributed by atoms with Gasteiger partial charge in [-0.05, 0) is 6.08 Å². The molecule has 0 atom stereocenters. The lowest BCUT2D eigenvalue weighted by Crippen LogP contribution is -2.38. The van der Waals surface area contributed by atoms with E-state index in [0.717, 1.165) is 9.40 Å². The van der Waals surface area contributed by atoms with E-state index in [1.165, 1.54) is 42.2 Å². The molecular formula is C11H15N5O3S2. The topological polar surface area (TPSA) is 80.2 Å². The third kappa shape index (κ3) is 4.16. The minimum absolute atomic E-state index is 0.324. The Morgan fingerprint density at radius 2 is 2.33 bits per heavy atom. The van der Waals surface area contributed by atoms with E-state index in [0.29, 0.717) is 23.4 Å². The molecule has 1 aliphatic heterocycles. The second kappa shape index (κ2) is 7.38. The van der Waals surface area contributed by atoms with Crippen molar-refractivity contribution in [3.8, 4) is 0 Å². The number of hydrogen-bond donors (Lipinski definition) is 0. The Morgan fingerprint density at radius 1 is 1.52 bits per heavy atom. The van der Waals surface area contributed by atoms with E-state index in [9.17, 15) is 4.79 Å². The van der Waals surface area contributed by atoms with Crippen molar-refractivity contribution in [2.45, 2.75) is 4.34 Å². The van der Waals surface area contributed by atoms with Gasteiger partial charge >= 0.3 is 6.03 Å². The Labute approximate surface area is 130 Å². The summed E-state index contributed by atoms with van der Waals surface area (Å²) in [6.07, 6.45) is 3.56. The lowest BCUT2D eigenvalue weighted by atomic mass is 10.6. The predicted octanol–water partition coefficient (Wildman–Crippen LogP) is 1.62. The minimum Gasteiger partial charge on any atom is -0.476 e. The number of hydrogen-bond acceptors (Lipinski definition) is 8. The molecule has 1 aromatic heterocycles. The van der Waals surface area contributed by atoms with Crippen LogP contribution in [0.3, 0.4) is 0 Å². The van der Waals surface area contributed by atoms with E-state index in [1.54, 1.807) is 13.2 Å². The van der Waals surface area contributed by atoms with Gasteiger partial charge in [0.15, 0.2) is 10.2 Å². The van der Waals surface area contributed by atoms with E-state index in [4.69, 9.17) is 9.57 Å². The van der Waals surface area contributed by atoms with Crippen LogP contribution in [0.5, 0.6) is 0 Å². The zero-order valence-corrected chi connectivity index (χ0v) is 13.5. The quantitative estimate of drug-likeness (QED) is 0.464. The van der Waals surface area contributed by atoms with Crippen LogP contribution >= 0.6 is 23.1 Å². The summed E-state index contributed by atoms with van der Waals surface area (Å²) in [6, 6.07) is -0.324. The van der Waals surface area contributed by atoms with Crippen LogP contribution in [0.15, 0.2) is 21.6 Å². The highest BCUT2D eigenvalue weighted by atomic mass is 32.2. The van der Waals surface area contributed by atoms with Crippen molar-refractivity contribution in [2.75, 3.05) is 38.5 Å². The zero-order valence-electron chi connectivity index (χ0n) is 11.8. The molecular weight excluding hydrogens is 314 g/mol. The van der Waals surface area contributed by atoms with Crippen molar-refractivity contribution < 1.29 is 14.4 Å². The largest absolute Gasteiger partial charge is 0.476 e. The summed E-state index contributed by atoms with van der Waals surface area (Å²) in [7, 11) is 4.57. The SMILES string of the molecule is CON(C)C(=O)N(C)c1nnc(SCC2=NC=CCO2)s1. The van der Waals surface area contributed by atoms with Crippen molar-refractivity contribution in [2.24, 2.45) is 4.99 Å². The number of carbonyl (C=O) groups is 1. The molecule has 2 rings (SSSR count). The number of hydroxylamine groups is 2. The Balaban J connectivity index is 1.93. The van der Waals surface area contributed by atoms with Gasteiger partial charge in [0, 0.05) is 20.3 Å². The van der Waals surface area contributed by atoms with Crippen LogP contribution in [0.25, 0.3) is 0 Å². The molecule has 0 fully saturated rings. The van der Waals surface area contributed by atoms with Gasteiger partial charge in [-0.25, -0.2) is 14.9 Å². The molecule has 0 bridgehead atoms. The summed E-state index contributed by atoms with van der Waals surface area (Å²) in [5.41, 5.74) is 0. The van der Waals surface area contributed by atoms with Gasteiger partial charge < -0.3 is 4.74 Å². The number of thioether (sulfide) groups is 1. The standard InChI is InChI=1S/C11H15N5O3S2/c1-15(11(17)16(2)18-3)9-13-14-10(21-9)20-7-8-12-5-4-6-19-8/h4-5H,6-7H2,1-3H3. The van der Waals surface area contributed by atoms with Crippen molar-refractivity contribution in [3.05, 3.63) is 12.3 Å². The molecule has 21 heavy (non-hydrogen) atoms. The zero-order chi connectivity index (χ0) is 15.2. The van der Waals surface area contributed by atoms with E-state index in [-0.39, 0.29) is 6.03 Å². The molecule has 0 saturated heterocycles. The summed E-state index contributed by atoms with van der Waals surface area (Å²) in [5, 5.41) is 9.65. The molecule has 0 spiro atoms. The smallest absolute Gasteiger partial charge is 0.349 e. The van der Waals surface area contributed by atoms with Crippen LogP contribution < -0.4 is 4.90 Å². The molecule has 0 radical (unpaired) electrons. The summed E-state index contributed by atoms with van der Waals surface area (Å²) in [6.45, 7) is 0.543. The fourth-order valence-corrected chi connectivity index (χ4v) is 3.00. The second-order valence-electron chi connectivity index (χ2n) is 3.88. The van der Waals surface area contributed by atoms with Gasteiger partial charge in [0.2, 0.25) is 5.13 Å². The Morgan fingerprint density at radius 3 is 3.00 bits per heavy atom. The van der Waals surface area contributed by atoms with E-state index in [1.807, 2.05) is 6.08 Å². The first-order valence-electron chi connectivity index (χ1n) is 5.98. The summed E-state index contributed by atoms with van der Waals surface area (Å²) >= 11 is 2.78. The van der Waals surface area contributed by atoms with Gasteiger partial charge in [0.25, 0.3) is 0 Å². The minimum atomic E-state index is -0.324. The van der Waals surface area contributed by atoms with E-state index < -0.39 is 0 Å². The van der Waals surface area contributed by atoms with Crippen molar-refractivity contribution in [1.82, 2.24) is 15.3 Å². The number of anilines is 1. The van der Waals surface area contributed by atoms with Crippen molar-refractivity contribution in [3.63, 3.8) is 0 Å². The fraction of sp³-hybridized carbons (Fsp3) is 0.455. The predicted molar refractivity (Wildman–Crippen MR) is 81.7 cm³/mol. The number of nitrogens with zero attached hydrogens (tertiary/aromatic N) is 5. The maximum atomic E-state index is 11.9. The van der Waals surface area contributed by atoms with Gasteiger partial charge in [0.1, 0.15) is 6.61 Å². The van der Waals surface area contributed by atoms with Crippen molar-refractivity contribution >= 4 is 40.2 Å². The first kappa shape index (κ1) is 15.7. The number of rotatable bonds is 5. The Kier molecular flexibility index (Phi) is 5.53. The van der Waals surface area contributed by atoms with Crippen molar-refractivity contribution in [1.29, 1.82) is 0 Å². The van der Waals surface area contributed by atoms with E-state index >= 15 is 0 Å². The van der Waals surface area contributed by atoms with Gasteiger partial charge in [-0.15, -0.1) is 10.2 Å². The maximum Gasteiger partial charge on any atom is 0.349 e. The Hall–Kier alpha value is -1.65. The highest BCUT2D eigenvalue weighted by molar-refractivity contribution is 8.01. The fourth-order valence-electron chi connectivity index (χ4n) is 1.33. The van der Waals surface area contributed by atoms with Gasteiger partial charge in [-0.2, -0.15) is 0 Å². The van der Waals surface area contributed by atoms with Gasteiger partial charge in [0.05, 0.1) is 12.9 Å². The van der Waals surface area contributed by atoms with E-state index in [2.05, 4.69) is 15.2 Å². The molecule has 0 N–H and O–H groups in total. The first-order valence-corrected chi connectivity index (χ1v) is 7.78. The summed E-state index contributed by atoms with van der Waals surface area (Å²) in [4.78, 5) is 22.2. The van der Waals surface area contributed by atoms with Gasteiger partial charge in [-0.3, -0.25) is 9.74 Å². The van der Waals surface area contributed by atoms with Crippen LogP contribution in [0.4, 0.5) is 9.93 Å². The van der Waals surface area contributed by atoms with Crippen LogP contribution in [0.2, 0.25) is 0 Å². The maximum absolute atomic E-state index is 11.9. The van der Waals surface area contributed by atoms with Crippen LogP contribution in [0, 0.1) is 0 Å². The molecule has 8 nitrogen and oxygen atoms in total. The average molecular weight is 329 g/mol. The molecule has 2 heterocycles. The molecule has 0 aromatic carbocycles. The summed E-state index contributed by atoms with van der Waals surface area (Å²) in [5.74, 6) is 1.23. The third-order valence-corrected chi connectivity index (χ3v) is 4.62. The van der Waals surface area contributed by atoms with Gasteiger partial charge in [-0.1, -0.05) is 23.1 Å². The molecule has 1 aliphatic rings. The van der Waals surface area contributed by atoms with Crippen LogP contribution in [0.1, 0.15) is 0 Å². The number of aromatic nitrogens is 2. The summed E-state index contributed by atoms with van der Waals surface area (Å²) < 4.78 is 6.09. The molecule has 0 saturated carbocycles. The molecule has 10 heteroatoms. The molecule has 114 valence electrons. The highest BCUT2D eigenvalue weighted by Gasteiger charge is 2.19. The normalized spacial score (nSPS) is 13.6. The lowest BCUT2D eigenvalue weighted by molar-refractivity contribution is -0.0619. The number of amides is 2. The monoisotopic (exact) mass is 329 g/mol. The first-order chi connectivity index (χ1) is 10.1. The molecule has 0 aliphatic carbocycles. The number of carbonyl (C=O) groups excluding carboxylic acids is 1. The van der Waals surface area contributed by atoms with Crippen LogP contribution in [-0.2, 0) is 9.57 Å². The van der Waals surface area contributed by atoms with Crippen LogP contribution in [-0.4, -0.2) is 60.8 Å². The highest BCUT2D eigenvalue weighted by Crippen LogP contribution is 2.28. The number of ether oxygens (including phenoxy) is 1.